The fourth-order valence-electron chi connectivity index (χ4n) is 11.8. The third-order valence-electron chi connectivity index (χ3n) is 15.4. The summed E-state index contributed by atoms with van der Waals surface area (Å²) in [6.07, 6.45) is 0.228. The molecule has 53 heavy (non-hydrogen) atoms. The zero-order valence-electron chi connectivity index (χ0n) is 32.5. The molecule has 3 heterocycles. The van der Waals surface area contributed by atoms with Crippen molar-refractivity contribution < 1.29 is 63.8 Å². The van der Waals surface area contributed by atoms with Crippen LogP contribution in [0.15, 0.2) is 12.2 Å². The smallest absolute Gasteiger partial charge is 0.186 e. The van der Waals surface area contributed by atoms with Crippen molar-refractivity contribution in [3.8, 4) is 0 Å². The van der Waals surface area contributed by atoms with E-state index in [1.54, 1.807) is 27.9 Å². The third-order valence-corrected chi connectivity index (χ3v) is 15.4. The Labute approximate surface area is 314 Å². The highest BCUT2D eigenvalue weighted by Gasteiger charge is 2.66. The molecular formula is C40H66O13. The van der Waals surface area contributed by atoms with Crippen LogP contribution in [0.5, 0.6) is 0 Å². The highest BCUT2D eigenvalue weighted by atomic mass is 16.7. The summed E-state index contributed by atoms with van der Waals surface area (Å²) in [6, 6.07) is 0. The molecule has 4 aliphatic carbocycles. The van der Waals surface area contributed by atoms with Gasteiger partial charge in [-0.15, -0.1) is 0 Å². The lowest BCUT2D eigenvalue weighted by Gasteiger charge is -2.60. The number of hydrogen-bond donors (Lipinski definition) is 6. The van der Waals surface area contributed by atoms with Gasteiger partial charge in [0.1, 0.15) is 30.5 Å². The van der Waals surface area contributed by atoms with E-state index >= 15 is 0 Å². The van der Waals surface area contributed by atoms with Crippen molar-refractivity contribution in [1.82, 2.24) is 0 Å². The Morgan fingerprint density at radius 3 is 2.04 bits per heavy atom. The van der Waals surface area contributed by atoms with Gasteiger partial charge in [0.05, 0.1) is 48.3 Å². The van der Waals surface area contributed by atoms with Crippen LogP contribution in [-0.4, -0.2) is 135 Å². The van der Waals surface area contributed by atoms with Crippen molar-refractivity contribution >= 4 is 0 Å². The van der Waals surface area contributed by atoms with Crippen molar-refractivity contribution in [2.75, 3.05) is 7.11 Å². The lowest BCUT2D eigenvalue weighted by molar-refractivity contribution is -0.321. The maximum Gasteiger partial charge on any atom is 0.186 e. The van der Waals surface area contributed by atoms with Gasteiger partial charge in [0.15, 0.2) is 18.9 Å². The van der Waals surface area contributed by atoms with Gasteiger partial charge in [-0.3, -0.25) is 0 Å². The van der Waals surface area contributed by atoms with Crippen molar-refractivity contribution in [2.24, 2.45) is 34.5 Å². The maximum absolute atomic E-state index is 12.6. The van der Waals surface area contributed by atoms with E-state index < -0.39 is 91.6 Å². The Hall–Kier alpha value is -0.780. The minimum Gasteiger partial charge on any atom is -0.388 e. The molecule has 0 aromatic carbocycles. The summed E-state index contributed by atoms with van der Waals surface area (Å²) in [4.78, 5) is 0. The fraction of sp³-hybridized carbons (Fsp3) is 0.950. The van der Waals surface area contributed by atoms with E-state index in [1.807, 2.05) is 6.92 Å². The lowest BCUT2D eigenvalue weighted by atomic mass is 9.46. The summed E-state index contributed by atoms with van der Waals surface area (Å²) < 4.78 is 42.4. The van der Waals surface area contributed by atoms with Gasteiger partial charge in [-0.25, -0.2) is 0 Å². The predicted molar refractivity (Wildman–Crippen MR) is 190 cm³/mol. The summed E-state index contributed by atoms with van der Waals surface area (Å²) >= 11 is 0. The van der Waals surface area contributed by atoms with Gasteiger partial charge in [-0.05, 0) is 102 Å². The Bertz CT molecular complexity index is 1300. The molecule has 304 valence electrons. The average Bonchev–Trinajstić information content (AvgIpc) is 3.41. The largest absolute Gasteiger partial charge is 0.388 e. The van der Waals surface area contributed by atoms with E-state index in [0.717, 1.165) is 38.5 Å². The third kappa shape index (κ3) is 6.99. The molecule has 6 fully saturated rings. The Kier molecular flexibility index (Phi) is 11.6. The van der Waals surface area contributed by atoms with E-state index in [1.165, 1.54) is 0 Å². The first-order valence-electron chi connectivity index (χ1n) is 20.3. The molecule has 13 nitrogen and oxygen atoms in total. The van der Waals surface area contributed by atoms with Gasteiger partial charge < -0.3 is 63.8 Å². The summed E-state index contributed by atoms with van der Waals surface area (Å²) in [5.74, 6) is 1.39. The molecule has 0 aromatic rings. The van der Waals surface area contributed by atoms with Crippen LogP contribution in [-0.2, 0) is 33.2 Å². The van der Waals surface area contributed by atoms with Crippen molar-refractivity contribution in [1.29, 1.82) is 0 Å². The second kappa shape index (κ2) is 15.2. The first-order valence-corrected chi connectivity index (χ1v) is 20.3. The van der Waals surface area contributed by atoms with Gasteiger partial charge in [0.25, 0.3) is 0 Å². The van der Waals surface area contributed by atoms with Gasteiger partial charge in [-0.1, -0.05) is 26.0 Å². The first-order chi connectivity index (χ1) is 25.0. The highest BCUT2D eigenvalue weighted by Crippen LogP contribution is 2.67. The maximum atomic E-state index is 12.6. The molecule has 0 amide bonds. The summed E-state index contributed by atoms with van der Waals surface area (Å²) in [5, 5.41) is 65.0. The SMILES string of the molecule is COC1CC(OC2CC(OC(C)C3(O)CCC4C5C=CC6CC(OC7OC(C)C(O)C(O)C7O)CCC6(C)C5CCC43C)OC(C)C2O)OC(C)C1O. The van der Waals surface area contributed by atoms with E-state index in [9.17, 15) is 30.6 Å². The van der Waals surface area contributed by atoms with Crippen LogP contribution in [0, 0.1) is 34.5 Å². The van der Waals surface area contributed by atoms with Crippen LogP contribution < -0.4 is 0 Å². The van der Waals surface area contributed by atoms with Crippen LogP contribution >= 0.6 is 0 Å². The molecule has 22 unspecified atom stereocenters. The molecular weight excluding hydrogens is 688 g/mol. The average molecular weight is 755 g/mol. The van der Waals surface area contributed by atoms with Crippen LogP contribution in [0.4, 0.5) is 0 Å². The molecule has 3 saturated heterocycles. The standard InChI is InChI=1S/C40H66O13/c1-19-32(41)28(47-7)17-31(49-19)53-29-18-30(48-20(2)33(29)42)51-22(4)40(46)15-12-27-25-9-8-23-16-24(52-37-36(45)35(44)34(43)21(3)50-37)10-13-38(23,5)26(25)11-14-39(27,40)6/h8-9,19-37,41-46H,10-18H2,1-7H3. The summed E-state index contributed by atoms with van der Waals surface area (Å²) in [6.45, 7) is 11.9. The van der Waals surface area contributed by atoms with Gasteiger partial charge in [0.2, 0.25) is 0 Å². The number of rotatable bonds is 8. The molecule has 22 atom stereocenters. The molecule has 3 aliphatic heterocycles. The van der Waals surface area contributed by atoms with E-state index in [4.69, 9.17) is 33.2 Å². The monoisotopic (exact) mass is 754 g/mol. The number of methoxy groups -OCH3 is 1. The van der Waals surface area contributed by atoms with Crippen LogP contribution in [0.3, 0.4) is 0 Å². The predicted octanol–water partition coefficient (Wildman–Crippen LogP) is 2.55. The summed E-state index contributed by atoms with van der Waals surface area (Å²) in [7, 11) is 1.55. The minimum atomic E-state index is -1.31. The summed E-state index contributed by atoms with van der Waals surface area (Å²) in [5.41, 5.74) is -1.37. The van der Waals surface area contributed by atoms with Gasteiger partial charge >= 0.3 is 0 Å². The van der Waals surface area contributed by atoms with Gasteiger partial charge in [-0.2, -0.15) is 0 Å². The number of aliphatic hydroxyl groups excluding tert-OH is 5. The fourth-order valence-corrected chi connectivity index (χ4v) is 11.8. The number of fused-ring (bicyclic) bond motifs is 5. The zero-order chi connectivity index (χ0) is 38.2. The number of aliphatic hydroxyl groups is 6. The number of ether oxygens (including phenoxy) is 7. The molecule has 0 spiro atoms. The van der Waals surface area contributed by atoms with Gasteiger partial charge in [0, 0.05) is 25.4 Å². The molecule has 6 N–H and O–H groups in total. The topological polar surface area (TPSA) is 186 Å². The molecule has 7 rings (SSSR count). The van der Waals surface area contributed by atoms with Crippen molar-refractivity contribution in [3.63, 3.8) is 0 Å². The Morgan fingerprint density at radius 2 is 1.32 bits per heavy atom. The zero-order valence-corrected chi connectivity index (χ0v) is 32.5. The lowest BCUT2D eigenvalue weighted by Crippen LogP contribution is -2.60. The Morgan fingerprint density at radius 1 is 0.679 bits per heavy atom. The molecule has 0 radical (unpaired) electrons. The van der Waals surface area contributed by atoms with Crippen LogP contribution in [0.2, 0.25) is 0 Å². The normalized spacial score (nSPS) is 56.2. The number of hydrogen-bond acceptors (Lipinski definition) is 13. The molecule has 7 aliphatic rings. The number of allylic oxidation sites excluding steroid dienone is 2. The van der Waals surface area contributed by atoms with E-state index in [-0.39, 0.29) is 23.4 Å². The highest BCUT2D eigenvalue weighted by molar-refractivity contribution is 5.21. The van der Waals surface area contributed by atoms with E-state index in [2.05, 4.69) is 26.0 Å². The van der Waals surface area contributed by atoms with Crippen LogP contribution in [0.25, 0.3) is 0 Å². The second-order valence-corrected chi connectivity index (χ2v) is 18.1. The second-order valence-electron chi connectivity index (χ2n) is 18.1. The minimum absolute atomic E-state index is 0.0710. The molecule has 13 heteroatoms. The van der Waals surface area contributed by atoms with Crippen molar-refractivity contribution in [3.05, 3.63) is 12.2 Å². The first kappa shape index (κ1) is 40.4. The molecule has 0 bridgehead atoms. The van der Waals surface area contributed by atoms with Crippen LogP contribution in [0.1, 0.15) is 99.3 Å². The Balaban J connectivity index is 0.991. The molecule has 0 aromatic heterocycles. The van der Waals surface area contributed by atoms with E-state index in [0.29, 0.717) is 36.5 Å². The quantitative estimate of drug-likeness (QED) is 0.199. The van der Waals surface area contributed by atoms with Crippen molar-refractivity contribution in [2.45, 2.75) is 197 Å². The molecule has 3 saturated carbocycles.